The van der Waals surface area contributed by atoms with E-state index in [0.717, 1.165) is 21.7 Å². The summed E-state index contributed by atoms with van der Waals surface area (Å²) in [6.07, 6.45) is -1.71. The van der Waals surface area contributed by atoms with Crippen molar-refractivity contribution >= 4 is 38.4 Å². The van der Waals surface area contributed by atoms with Crippen LogP contribution in [0.1, 0.15) is 17.2 Å². The average Bonchev–Trinajstić information content (AvgIpc) is 2.81. The lowest BCUT2D eigenvalue weighted by Crippen LogP contribution is -2.28. The quantitative estimate of drug-likeness (QED) is 0.235. The Labute approximate surface area is 183 Å². The number of rotatable bonds is 5. The summed E-state index contributed by atoms with van der Waals surface area (Å²) >= 11 is 0. The molecule has 0 bridgehead atoms. The number of nitrogens with one attached hydrogen (secondary N) is 1. The molecule has 0 spiro atoms. The van der Waals surface area contributed by atoms with Crippen molar-refractivity contribution < 1.29 is 24.9 Å². The summed E-state index contributed by atoms with van der Waals surface area (Å²) in [6.45, 7) is -0.00236. The summed E-state index contributed by atoms with van der Waals surface area (Å²) < 4.78 is 5.40. The van der Waals surface area contributed by atoms with Gasteiger partial charge in [0, 0.05) is 0 Å². The van der Waals surface area contributed by atoms with Gasteiger partial charge in [-0.3, -0.25) is 0 Å². The summed E-state index contributed by atoms with van der Waals surface area (Å²) in [6, 6.07) is 22.6. The molecule has 5 aromatic rings. The zero-order valence-electron chi connectivity index (χ0n) is 17.1. The predicted octanol–water partition coefficient (Wildman–Crippen LogP) is 4.96. The monoisotopic (exact) mass is 427 g/mol. The first-order valence-electron chi connectivity index (χ1n) is 10.3. The summed E-state index contributed by atoms with van der Waals surface area (Å²) in [4.78, 5) is 12.2. The Bertz CT molecular complexity index is 1430. The van der Waals surface area contributed by atoms with Crippen LogP contribution in [0.2, 0.25) is 0 Å². The highest BCUT2D eigenvalue weighted by molar-refractivity contribution is 6.23. The number of ether oxygens (including phenoxy) is 1. The summed E-state index contributed by atoms with van der Waals surface area (Å²) in [5, 5.41) is 38.5. The number of carbonyl (C=O) groups excluding carboxylic acids is 1. The van der Waals surface area contributed by atoms with Crippen molar-refractivity contribution in [2.75, 3.05) is 6.54 Å². The second kappa shape index (κ2) is 7.90. The fraction of sp³-hybridized carbons (Fsp3) is 0.115. The van der Waals surface area contributed by atoms with Crippen LogP contribution in [0.3, 0.4) is 0 Å². The Hall–Kier alpha value is -4.03. The number of hydrogen-bond acceptors (Lipinski definition) is 5. The zero-order valence-corrected chi connectivity index (χ0v) is 17.1. The fourth-order valence-corrected chi connectivity index (χ4v) is 4.16. The highest BCUT2D eigenvalue weighted by Gasteiger charge is 2.14. The number of benzene rings is 5. The minimum Gasteiger partial charge on any atom is -0.504 e. The number of aliphatic hydroxyl groups is 1. The van der Waals surface area contributed by atoms with Gasteiger partial charge in [-0.15, -0.1) is 0 Å². The van der Waals surface area contributed by atoms with E-state index in [4.69, 9.17) is 4.74 Å². The first-order chi connectivity index (χ1) is 15.5. The topological polar surface area (TPSA) is 99.0 Å². The molecule has 6 nitrogen and oxygen atoms in total. The Balaban J connectivity index is 1.30. The smallest absolute Gasteiger partial charge is 0.407 e. The molecular weight excluding hydrogens is 406 g/mol. The van der Waals surface area contributed by atoms with Crippen LogP contribution in [0.15, 0.2) is 72.8 Å². The molecule has 0 radical (unpaired) electrons. The third-order valence-corrected chi connectivity index (χ3v) is 5.80. The molecule has 0 aliphatic carbocycles. The van der Waals surface area contributed by atoms with Gasteiger partial charge in [-0.1, -0.05) is 60.7 Å². The maximum Gasteiger partial charge on any atom is 0.407 e. The number of alkyl carbamates (subject to hydrolysis) is 1. The maximum atomic E-state index is 12.2. The number of phenolic OH excluding ortho intramolecular Hbond substituents is 2. The number of carbonyl (C=O) groups is 1. The van der Waals surface area contributed by atoms with E-state index >= 15 is 0 Å². The molecule has 0 heterocycles. The molecule has 5 rings (SSSR count). The lowest BCUT2D eigenvalue weighted by Gasteiger charge is -2.15. The second-order valence-electron chi connectivity index (χ2n) is 7.80. The van der Waals surface area contributed by atoms with Crippen molar-refractivity contribution in [1.29, 1.82) is 0 Å². The summed E-state index contributed by atoms with van der Waals surface area (Å²) in [7, 11) is 0. The van der Waals surface area contributed by atoms with Crippen molar-refractivity contribution in [3.05, 3.63) is 83.9 Å². The number of amides is 1. The average molecular weight is 427 g/mol. The SMILES string of the molecule is O=C(NCC(O)c1ccc(O)c(O)c1)OCc1ccc2ccc3cccc4ccc1c2c34. The Morgan fingerprint density at radius 1 is 0.844 bits per heavy atom. The molecule has 0 saturated carbocycles. The van der Waals surface area contributed by atoms with Crippen LogP contribution in [-0.4, -0.2) is 28.0 Å². The third kappa shape index (κ3) is 3.50. The molecule has 5 aromatic carbocycles. The van der Waals surface area contributed by atoms with Crippen molar-refractivity contribution in [3.8, 4) is 11.5 Å². The van der Waals surface area contributed by atoms with Gasteiger partial charge < -0.3 is 25.4 Å². The van der Waals surface area contributed by atoms with E-state index in [2.05, 4.69) is 41.7 Å². The van der Waals surface area contributed by atoms with Gasteiger partial charge in [-0.25, -0.2) is 4.79 Å². The number of aliphatic hydroxyl groups excluding tert-OH is 1. The van der Waals surface area contributed by atoms with E-state index in [1.807, 2.05) is 18.2 Å². The molecule has 4 N–H and O–H groups in total. The maximum absolute atomic E-state index is 12.2. The zero-order chi connectivity index (χ0) is 22.2. The van der Waals surface area contributed by atoms with E-state index in [1.165, 1.54) is 34.4 Å². The first kappa shape index (κ1) is 19.9. The fourth-order valence-electron chi connectivity index (χ4n) is 4.16. The van der Waals surface area contributed by atoms with Gasteiger partial charge in [0.15, 0.2) is 11.5 Å². The Morgan fingerprint density at radius 2 is 1.53 bits per heavy atom. The molecule has 1 atom stereocenters. The second-order valence-corrected chi connectivity index (χ2v) is 7.80. The van der Waals surface area contributed by atoms with Crippen LogP contribution in [0.4, 0.5) is 4.79 Å². The lowest BCUT2D eigenvalue weighted by atomic mass is 9.92. The van der Waals surface area contributed by atoms with Crippen molar-refractivity contribution in [2.45, 2.75) is 12.7 Å². The van der Waals surface area contributed by atoms with Crippen molar-refractivity contribution in [1.82, 2.24) is 5.32 Å². The Kier molecular flexibility index (Phi) is 4.92. The highest BCUT2D eigenvalue weighted by atomic mass is 16.5. The van der Waals surface area contributed by atoms with Crippen molar-refractivity contribution in [2.24, 2.45) is 0 Å². The van der Waals surface area contributed by atoms with E-state index < -0.39 is 12.2 Å². The van der Waals surface area contributed by atoms with Crippen LogP contribution >= 0.6 is 0 Å². The molecule has 0 saturated heterocycles. The van der Waals surface area contributed by atoms with Crippen LogP contribution in [0, 0.1) is 0 Å². The van der Waals surface area contributed by atoms with Gasteiger partial charge in [-0.05, 0) is 55.6 Å². The molecule has 160 valence electrons. The van der Waals surface area contributed by atoms with Crippen LogP contribution < -0.4 is 5.32 Å². The molecule has 0 aliphatic heterocycles. The van der Waals surface area contributed by atoms with Crippen molar-refractivity contribution in [3.63, 3.8) is 0 Å². The predicted molar refractivity (Wildman–Crippen MR) is 123 cm³/mol. The van der Waals surface area contributed by atoms with E-state index in [0.29, 0.717) is 5.56 Å². The first-order valence-corrected chi connectivity index (χ1v) is 10.3. The Morgan fingerprint density at radius 3 is 2.28 bits per heavy atom. The molecular formula is C26H21NO5. The standard InChI is InChI=1S/C26H21NO5/c28-21-11-9-18(12-22(21)29)23(30)13-27-26(31)32-14-19-7-6-17-5-4-15-2-1-3-16-8-10-20(19)25(17)24(15)16/h1-12,23,28-30H,13-14H2,(H,27,31). The van der Waals surface area contributed by atoms with Crippen LogP contribution in [-0.2, 0) is 11.3 Å². The molecule has 1 amide bonds. The number of phenols is 2. The van der Waals surface area contributed by atoms with Gasteiger partial charge in [-0.2, -0.15) is 0 Å². The van der Waals surface area contributed by atoms with Crippen LogP contribution in [0.25, 0.3) is 32.3 Å². The highest BCUT2D eigenvalue weighted by Crippen LogP contribution is 2.36. The van der Waals surface area contributed by atoms with Gasteiger partial charge in [0.25, 0.3) is 0 Å². The minimum absolute atomic E-state index is 0.0933. The van der Waals surface area contributed by atoms with Gasteiger partial charge in [0.1, 0.15) is 6.61 Å². The summed E-state index contributed by atoms with van der Waals surface area (Å²) in [5.74, 6) is -0.611. The van der Waals surface area contributed by atoms with Gasteiger partial charge in [0.05, 0.1) is 12.6 Å². The molecule has 1 unspecified atom stereocenters. The number of hydrogen-bond donors (Lipinski definition) is 4. The van der Waals surface area contributed by atoms with E-state index in [1.54, 1.807) is 0 Å². The normalized spacial score (nSPS) is 12.4. The summed E-state index contributed by atoms with van der Waals surface area (Å²) in [5.41, 5.74) is 1.27. The minimum atomic E-state index is -1.05. The molecule has 6 heteroatoms. The van der Waals surface area contributed by atoms with Gasteiger partial charge in [0.2, 0.25) is 0 Å². The number of aromatic hydroxyl groups is 2. The molecule has 0 aromatic heterocycles. The van der Waals surface area contributed by atoms with E-state index in [9.17, 15) is 20.1 Å². The molecule has 0 fully saturated rings. The largest absolute Gasteiger partial charge is 0.504 e. The third-order valence-electron chi connectivity index (χ3n) is 5.80. The van der Waals surface area contributed by atoms with Crippen LogP contribution in [0.5, 0.6) is 11.5 Å². The lowest BCUT2D eigenvalue weighted by molar-refractivity contribution is 0.126. The van der Waals surface area contributed by atoms with Gasteiger partial charge >= 0.3 is 6.09 Å². The van der Waals surface area contributed by atoms with E-state index in [-0.39, 0.29) is 24.7 Å². The molecule has 0 aliphatic rings. The molecule has 32 heavy (non-hydrogen) atoms.